The van der Waals surface area contributed by atoms with E-state index in [2.05, 4.69) is 31.2 Å². The molecule has 1 aromatic carbocycles. The zero-order valence-corrected chi connectivity index (χ0v) is 12.0. The van der Waals surface area contributed by atoms with Gasteiger partial charge in [0.15, 0.2) is 0 Å². The lowest BCUT2D eigenvalue weighted by Gasteiger charge is -2.20. The maximum absolute atomic E-state index is 8.90. The average molecular weight is 263 g/mol. The standard InChI is InChI=1S/C15H25N3O/c1-11(2)12(3)9-17-10-14(15(16)18-19)13-7-5-4-6-8-13/h4-8,11-12,14,17,19H,9-10H2,1-3H3,(H2,16,18). The van der Waals surface area contributed by atoms with Crippen LogP contribution in [-0.4, -0.2) is 24.1 Å². The summed E-state index contributed by atoms with van der Waals surface area (Å²) in [5.74, 6) is 1.40. The summed E-state index contributed by atoms with van der Waals surface area (Å²) in [5, 5.41) is 15.5. The number of hydrogen-bond acceptors (Lipinski definition) is 3. The van der Waals surface area contributed by atoms with E-state index >= 15 is 0 Å². The van der Waals surface area contributed by atoms with E-state index in [1.54, 1.807) is 0 Å². The first-order valence-electron chi connectivity index (χ1n) is 6.79. The molecule has 0 spiro atoms. The molecule has 4 nitrogen and oxygen atoms in total. The SMILES string of the molecule is CC(C)C(C)CNCC(C(N)=NO)c1ccccc1. The van der Waals surface area contributed by atoms with Crippen molar-refractivity contribution in [2.24, 2.45) is 22.7 Å². The van der Waals surface area contributed by atoms with Gasteiger partial charge in [-0.3, -0.25) is 0 Å². The predicted octanol–water partition coefficient (Wildman–Crippen LogP) is 2.40. The molecule has 0 amide bonds. The summed E-state index contributed by atoms with van der Waals surface area (Å²) in [6.45, 7) is 8.25. The van der Waals surface area contributed by atoms with Crippen LogP contribution in [-0.2, 0) is 0 Å². The number of rotatable bonds is 7. The van der Waals surface area contributed by atoms with E-state index in [1.165, 1.54) is 0 Å². The number of nitrogens with two attached hydrogens (primary N) is 1. The van der Waals surface area contributed by atoms with E-state index in [9.17, 15) is 0 Å². The molecular formula is C15H25N3O. The minimum absolute atomic E-state index is 0.0921. The number of benzene rings is 1. The Morgan fingerprint density at radius 3 is 2.37 bits per heavy atom. The van der Waals surface area contributed by atoms with E-state index in [1.807, 2.05) is 30.3 Å². The number of amidine groups is 1. The minimum atomic E-state index is -0.0921. The Labute approximate surface area is 115 Å². The van der Waals surface area contributed by atoms with Gasteiger partial charge in [-0.05, 0) is 23.9 Å². The zero-order chi connectivity index (χ0) is 14.3. The third kappa shape index (κ3) is 4.91. The quantitative estimate of drug-likeness (QED) is 0.306. The van der Waals surface area contributed by atoms with Crippen LogP contribution in [0, 0.1) is 11.8 Å². The molecule has 4 N–H and O–H groups in total. The van der Waals surface area contributed by atoms with Crippen LogP contribution in [0.5, 0.6) is 0 Å². The maximum atomic E-state index is 8.90. The lowest BCUT2D eigenvalue weighted by molar-refractivity contribution is 0.315. The van der Waals surface area contributed by atoms with Gasteiger partial charge in [0.05, 0.1) is 5.92 Å². The maximum Gasteiger partial charge on any atom is 0.147 e. The number of nitrogens with one attached hydrogen (secondary N) is 1. The molecule has 1 aromatic rings. The molecule has 0 radical (unpaired) electrons. The van der Waals surface area contributed by atoms with Gasteiger partial charge in [-0.2, -0.15) is 0 Å². The summed E-state index contributed by atoms with van der Waals surface area (Å²) >= 11 is 0. The molecule has 0 bridgehead atoms. The molecule has 0 saturated carbocycles. The van der Waals surface area contributed by atoms with Crippen LogP contribution in [0.15, 0.2) is 35.5 Å². The lowest BCUT2D eigenvalue weighted by Crippen LogP contribution is -2.34. The Morgan fingerprint density at radius 1 is 1.21 bits per heavy atom. The van der Waals surface area contributed by atoms with Crippen LogP contribution in [0.2, 0.25) is 0 Å². The topological polar surface area (TPSA) is 70.6 Å². The summed E-state index contributed by atoms with van der Waals surface area (Å²) in [5.41, 5.74) is 6.84. The fourth-order valence-corrected chi connectivity index (χ4v) is 1.84. The van der Waals surface area contributed by atoms with Gasteiger partial charge in [-0.15, -0.1) is 0 Å². The molecule has 4 heteroatoms. The van der Waals surface area contributed by atoms with E-state index in [-0.39, 0.29) is 11.8 Å². The Kier molecular flexibility index (Phi) is 6.36. The molecule has 106 valence electrons. The summed E-state index contributed by atoms with van der Waals surface area (Å²) in [6.07, 6.45) is 0. The van der Waals surface area contributed by atoms with Crippen molar-refractivity contribution in [1.29, 1.82) is 0 Å². The second-order valence-corrected chi connectivity index (χ2v) is 5.37. The second-order valence-electron chi connectivity index (χ2n) is 5.37. The molecule has 0 aliphatic heterocycles. The molecule has 2 unspecified atom stereocenters. The fraction of sp³-hybridized carbons (Fsp3) is 0.533. The number of hydrogen-bond donors (Lipinski definition) is 3. The molecule has 19 heavy (non-hydrogen) atoms. The molecule has 0 aliphatic rings. The van der Waals surface area contributed by atoms with Crippen LogP contribution in [0.3, 0.4) is 0 Å². The summed E-state index contributed by atoms with van der Waals surface area (Å²) in [7, 11) is 0. The first kappa shape index (κ1) is 15.5. The van der Waals surface area contributed by atoms with Crippen molar-refractivity contribution in [2.75, 3.05) is 13.1 Å². The highest BCUT2D eigenvalue weighted by molar-refractivity contribution is 5.87. The van der Waals surface area contributed by atoms with Gasteiger partial charge >= 0.3 is 0 Å². The monoisotopic (exact) mass is 263 g/mol. The fourth-order valence-electron chi connectivity index (χ4n) is 1.84. The highest BCUT2D eigenvalue weighted by atomic mass is 16.4. The van der Waals surface area contributed by atoms with Gasteiger partial charge in [0.1, 0.15) is 5.84 Å². The highest BCUT2D eigenvalue weighted by Crippen LogP contribution is 2.15. The van der Waals surface area contributed by atoms with Crippen molar-refractivity contribution in [2.45, 2.75) is 26.7 Å². The third-order valence-corrected chi connectivity index (χ3v) is 3.63. The Balaban J connectivity index is 2.62. The van der Waals surface area contributed by atoms with Crippen LogP contribution in [0.4, 0.5) is 0 Å². The van der Waals surface area contributed by atoms with Gasteiger partial charge in [0.25, 0.3) is 0 Å². The molecule has 0 heterocycles. The van der Waals surface area contributed by atoms with Gasteiger partial charge in [-0.1, -0.05) is 56.3 Å². The van der Waals surface area contributed by atoms with Crippen LogP contribution < -0.4 is 11.1 Å². The van der Waals surface area contributed by atoms with Gasteiger partial charge in [0.2, 0.25) is 0 Å². The van der Waals surface area contributed by atoms with Gasteiger partial charge in [-0.25, -0.2) is 0 Å². The summed E-state index contributed by atoms with van der Waals surface area (Å²) in [6, 6.07) is 9.88. The number of oxime groups is 1. The van der Waals surface area contributed by atoms with Gasteiger partial charge in [0, 0.05) is 6.54 Å². The summed E-state index contributed by atoms with van der Waals surface area (Å²) < 4.78 is 0. The van der Waals surface area contributed by atoms with Crippen molar-refractivity contribution in [3.05, 3.63) is 35.9 Å². The predicted molar refractivity (Wildman–Crippen MR) is 79.5 cm³/mol. The van der Waals surface area contributed by atoms with Gasteiger partial charge < -0.3 is 16.3 Å². The smallest absolute Gasteiger partial charge is 0.147 e. The van der Waals surface area contributed by atoms with Crippen molar-refractivity contribution in [3.63, 3.8) is 0 Å². The summed E-state index contributed by atoms with van der Waals surface area (Å²) in [4.78, 5) is 0. The van der Waals surface area contributed by atoms with Crippen LogP contribution >= 0.6 is 0 Å². The zero-order valence-electron chi connectivity index (χ0n) is 12.0. The molecular weight excluding hydrogens is 238 g/mol. The second kappa shape index (κ2) is 7.79. The Bertz CT molecular complexity index is 390. The Morgan fingerprint density at radius 2 is 1.84 bits per heavy atom. The lowest BCUT2D eigenvalue weighted by atomic mass is 9.96. The van der Waals surface area contributed by atoms with Crippen molar-refractivity contribution in [1.82, 2.24) is 5.32 Å². The van der Waals surface area contributed by atoms with E-state index < -0.39 is 0 Å². The van der Waals surface area contributed by atoms with Crippen molar-refractivity contribution < 1.29 is 5.21 Å². The van der Waals surface area contributed by atoms with E-state index in [0.717, 1.165) is 12.1 Å². The van der Waals surface area contributed by atoms with Crippen LogP contribution in [0.1, 0.15) is 32.3 Å². The average Bonchev–Trinajstić information content (AvgIpc) is 2.43. The largest absolute Gasteiger partial charge is 0.409 e. The van der Waals surface area contributed by atoms with Crippen molar-refractivity contribution >= 4 is 5.84 Å². The molecule has 0 aromatic heterocycles. The molecule has 2 atom stereocenters. The molecule has 0 fully saturated rings. The van der Waals surface area contributed by atoms with Crippen molar-refractivity contribution in [3.8, 4) is 0 Å². The first-order valence-corrected chi connectivity index (χ1v) is 6.79. The normalized spacial score (nSPS) is 15.5. The minimum Gasteiger partial charge on any atom is -0.409 e. The molecule has 0 aliphatic carbocycles. The highest BCUT2D eigenvalue weighted by Gasteiger charge is 2.16. The van der Waals surface area contributed by atoms with E-state index in [4.69, 9.17) is 10.9 Å². The first-order chi connectivity index (χ1) is 9.06. The third-order valence-electron chi connectivity index (χ3n) is 3.63. The molecule has 1 rings (SSSR count). The molecule has 0 saturated heterocycles. The Hall–Kier alpha value is -1.55. The van der Waals surface area contributed by atoms with Crippen LogP contribution in [0.25, 0.3) is 0 Å². The number of nitrogens with zero attached hydrogens (tertiary/aromatic N) is 1. The van der Waals surface area contributed by atoms with E-state index in [0.29, 0.717) is 18.4 Å².